The molecular formula is C15H33N3. The molecule has 0 radical (unpaired) electrons. The maximum atomic E-state index is 3.66. The molecule has 1 N–H and O–H groups in total. The van der Waals surface area contributed by atoms with Crippen LogP contribution >= 0.6 is 0 Å². The van der Waals surface area contributed by atoms with Gasteiger partial charge in [0.05, 0.1) is 0 Å². The summed E-state index contributed by atoms with van der Waals surface area (Å²) in [4.78, 5) is 5.24. The molecule has 0 spiro atoms. The van der Waals surface area contributed by atoms with Gasteiger partial charge in [0.1, 0.15) is 0 Å². The van der Waals surface area contributed by atoms with Crippen LogP contribution in [0.5, 0.6) is 0 Å². The van der Waals surface area contributed by atoms with Crippen molar-refractivity contribution in [3.63, 3.8) is 0 Å². The Labute approximate surface area is 114 Å². The Hall–Kier alpha value is -0.120. The molecule has 0 aromatic heterocycles. The lowest BCUT2D eigenvalue weighted by molar-refractivity contribution is 0.115. The van der Waals surface area contributed by atoms with Crippen molar-refractivity contribution in [1.29, 1.82) is 0 Å². The zero-order valence-electron chi connectivity index (χ0n) is 12.9. The summed E-state index contributed by atoms with van der Waals surface area (Å²) in [5.41, 5.74) is 0. The molecule has 2 unspecified atom stereocenters. The van der Waals surface area contributed by atoms with Gasteiger partial charge in [0.25, 0.3) is 0 Å². The number of nitrogens with one attached hydrogen (secondary N) is 1. The summed E-state index contributed by atoms with van der Waals surface area (Å²) in [5, 5.41) is 3.66. The van der Waals surface area contributed by atoms with Gasteiger partial charge in [0.15, 0.2) is 0 Å². The lowest BCUT2D eigenvalue weighted by atomic mass is 9.98. The number of piperazine rings is 1. The predicted octanol–water partition coefficient (Wildman–Crippen LogP) is 2.04. The fourth-order valence-electron chi connectivity index (χ4n) is 2.78. The van der Waals surface area contributed by atoms with Gasteiger partial charge < -0.3 is 10.2 Å². The third kappa shape index (κ3) is 5.25. The van der Waals surface area contributed by atoms with Gasteiger partial charge in [-0.3, -0.25) is 4.90 Å². The number of hydrogen-bond acceptors (Lipinski definition) is 3. The molecule has 0 bridgehead atoms. The van der Waals surface area contributed by atoms with E-state index in [0.717, 1.165) is 12.5 Å². The van der Waals surface area contributed by atoms with Crippen molar-refractivity contribution in [3.05, 3.63) is 0 Å². The second kappa shape index (κ2) is 8.89. The number of nitrogens with zero attached hydrogens (tertiary/aromatic N) is 2. The normalized spacial score (nSPS) is 22.0. The summed E-state index contributed by atoms with van der Waals surface area (Å²) in [6.45, 7) is 17.8. The van der Waals surface area contributed by atoms with Crippen LogP contribution in [0.1, 0.15) is 40.5 Å². The van der Waals surface area contributed by atoms with E-state index < -0.39 is 0 Å². The van der Waals surface area contributed by atoms with E-state index in [1.54, 1.807) is 0 Å². The van der Waals surface area contributed by atoms with Gasteiger partial charge in [0.2, 0.25) is 0 Å². The van der Waals surface area contributed by atoms with Crippen LogP contribution in [0, 0.1) is 5.92 Å². The average Bonchev–Trinajstić information content (AvgIpc) is 2.40. The molecule has 0 aromatic carbocycles. The lowest BCUT2D eigenvalue weighted by Crippen LogP contribution is -2.52. The molecule has 3 heteroatoms. The van der Waals surface area contributed by atoms with Crippen LogP contribution in [0.15, 0.2) is 0 Å². The molecule has 18 heavy (non-hydrogen) atoms. The Balaban J connectivity index is 2.32. The maximum Gasteiger partial charge on any atom is 0.0220 e. The molecule has 1 heterocycles. The lowest BCUT2D eigenvalue weighted by Gasteiger charge is -2.37. The molecule has 1 aliphatic heterocycles. The van der Waals surface area contributed by atoms with E-state index in [1.165, 1.54) is 52.1 Å². The number of likely N-dealkylation sites (N-methyl/N-ethyl adjacent to an activating group) is 1. The minimum absolute atomic E-state index is 0.665. The van der Waals surface area contributed by atoms with E-state index in [2.05, 4.69) is 42.8 Å². The predicted molar refractivity (Wildman–Crippen MR) is 80.1 cm³/mol. The molecule has 1 aliphatic rings. The minimum Gasteiger partial charge on any atom is -0.313 e. The van der Waals surface area contributed by atoms with Crippen LogP contribution in [-0.2, 0) is 0 Å². The van der Waals surface area contributed by atoms with Crippen molar-refractivity contribution in [3.8, 4) is 0 Å². The molecule has 1 fully saturated rings. The quantitative estimate of drug-likeness (QED) is 0.716. The van der Waals surface area contributed by atoms with Crippen LogP contribution < -0.4 is 5.32 Å². The van der Waals surface area contributed by atoms with Gasteiger partial charge in [-0.2, -0.15) is 0 Å². The van der Waals surface area contributed by atoms with Gasteiger partial charge in [-0.1, -0.05) is 34.1 Å². The summed E-state index contributed by atoms with van der Waals surface area (Å²) in [5.74, 6) is 0.777. The van der Waals surface area contributed by atoms with E-state index in [1.807, 2.05) is 0 Å². The van der Waals surface area contributed by atoms with Crippen molar-refractivity contribution < 1.29 is 0 Å². The average molecular weight is 255 g/mol. The van der Waals surface area contributed by atoms with Crippen LogP contribution in [0.2, 0.25) is 0 Å². The highest BCUT2D eigenvalue weighted by Crippen LogP contribution is 2.11. The van der Waals surface area contributed by atoms with E-state index in [4.69, 9.17) is 0 Å². The highest BCUT2D eigenvalue weighted by Gasteiger charge is 2.21. The first-order valence-electron chi connectivity index (χ1n) is 7.89. The molecule has 0 aliphatic carbocycles. The summed E-state index contributed by atoms with van der Waals surface area (Å²) in [6.07, 6.45) is 2.56. The van der Waals surface area contributed by atoms with E-state index >= 15 is 0 Å². The second-order valence-electron chi connectivity index (χ2n) is 5.69. The van der Waals surface area contributed by atoms with E-state index in [0.29, 0.717) is 6.04 Å². The fourth-order valence-corrected chi connectivity index (χ4v) is 2.78. The second-order valence-corrected chi connectivity index (χ2v) is 5.69. The van der Waals surface area contributed by atoms with Crippen molar-refractivity contribution in [2.24, 2.45) is 5.92 Å². The Morgan fingerprint density at radius 3 is 2.11 bits per heavy atom. The van der Waals surface area contributed by atoms with E-state index in [-0.39, 0.29) is 0 Å². The Morgan fingerprint density at radius 1 is 1.00 bits per heavy atom. The number of rotatable bonds is 8. The molecule has 1 rings (SSSR count). The molecule has 0 aromatic rings. The number of hydrogen-bond donors (Lipinski definition) is 1. The van der Waals surface area contributed by atoms with Crippen molar-refractivity contribution in [1.82, 2.24) is 15.1 Å². The van der Waals surface area contributed by atoms with Crippen LogP contribution in [0.3, 0.4) is 0 Å². The summed E-state index contributed by atoms with van der Waals surface area (Å²) >= 11 is 0. The van der Waals surface area contributed by atoms with Gasteiger partial charge in [-0.15, -0.1) is 0 Å². The fraction of sp³-hybridized carbons (Fsp3) is 1.00. The van der Waals surface area contributed by atoms with Crippen molar-refractivity contribution in [2.45, 2.75) is 46.6 Å². The third-order valence-electron chi connectivity index (χ3n) is 4.26. The maximum absolute atomic E-state index is 3.66. The molecule has 0 amide bonds. The highest BCUT2D eigenvalue weighted by atomic mass is 15.3. The molecule has 0 saturated carbocycles. The third-order valence-corrected chi connectivity index (χ3v) is 4.26. The summed E-state index contributed by atoms with van der Waals surface area (Å²) < 4.78 is 0. The smallest absolute Gasteiger partial charge is 0.0220 e. The highest BCUT2D eigenvalue weighted by molar-refractivity contribution is 4.80. The molecule has 3 nitrogen and oxygen atoms in total. The molecule has 1 saturated heterocycles. The SMILES string of the molecule is CCCN1CCN(CC(NCC)C(C)CC)CC1. The zero-order chi connectivity index (χ0) is 13.4. The standard InChI is InChI=1S/C15H33N3/c1-5-8-17-9-11-18(12-10-17)13-15(16-7-3)14(4)6-2/h14-16H,5-13H2,1-4H3. The Morgan fingerprint density at radius 2 is 1.61 bits per heavy atom. The monoisotopic (exact) mass is 255 g/mol. The van der Waals surface area contributed by atoms with Crippen LogP contribution in [0.4, 0.5) is 0 Å². The molecule has 2 atom stereocenters. The van der Waals surface area contributed by atoms with E-state index in [9.17, 15) is 0 Å². The topological polar surface area (TPSA) is 18.5 Å². The Bertz CT molecular complexity index is 200. The first-order chi connectivity index (χ1) is 8.71. The molecule has 108 valence electrons. The largest absolute Gasteiger partial charge is 0.313 e. The first kappa shape index (κ1) is 15.9. The van der Waals surface area contributed by atoms with Gasteiger partial charge in [0, 0.05) is 38.8 Å². The minimum atomic E-state index is 0.665. The van der Waals surface area contributed by atoms with Crippen molar-refractivity contribution in [2.75, 3.05) is 45.8 Å². The summed E-state index contributed by atoms with van der Waals surface area (Å²) in [7, 11) is 0. The van der Waals surface area contributed by atoms with Crippen LogP contribution in [0.25, 0.3) is 0 Å². The van der Waals surface area contributed by atoms with Gasteiger partial charge >= 0.3 is 0 Å². The molecular weight excluding hydrogens is 222 g/mol. The summed E-state index contributed by atoms with van der Waals surface area (Å²) in [6, 6.07) is 0.665. The first-order valence-corrected chi connectivity index (χ1v) is 7.89. The van der Waals surface area contributed by atoms with Gasteiger partial charge in [-0.05, 0) is 25.4 Å². The van der Waals surface area contributed by atoms with Gasteiger partial charge in [-0.25, -0.2) is 0 Å². The zero-order valence-corrected chi connectivity index (χ0v) is 12.9. The van der Waals surface area contributed by atoms with Crippen LogP contribution in [-0.4, -0.2) is 61.7 Å². The van der Waals surface area contributed by atoms with Crippen molar-refractivity contribution >= 4 is 0 Å². The Kier molecular flexibility index (Phi) is 7.87.